The summed E-state index contributed by atoms with van der Waals surface area (Å²) in [6, 6.07) is 81.7. The molecule has 0 bridgehead atoms. The zero-order valence-electron chi connectivity index (χ0n) is 70.9. The first-order valence-electron chi connectivity index (χ1n) is 42.1. The number of methoxy groups -OCH3 is 2. The zero-order valence-corrected chi connectivity index (χ0v) is 70.9. The van der Waals surface area contributed by atoms with Crippen LogP contribution in [0.1, 0.15) is 83.3 Å². The van der Waals surface area contributed by atoms with E-state index in [0.717, 1.165) is 134 Å². The van der Waals surface area contributed by atoms with Gasteiger partial charge < -0.3 is 75.8 Å². The van der Waals surface area contributed by atoms with Gasteiger partial charge in [-0.15, -0.1) is 0 Å². The summed E-state index contributed by atoms with van der Waals surface area (Å²) in [7, 11) is 3.36. The Hall–Kier alpha value is -10.2. The molecule has 12 aromatic rings. The van der Waals surface area contributed by atoms with Crippen molar-refractivity contribution in [3.8, 4) is 67.9 Å². The second kappa shape index (κ2) is 40.7. The van der Waals surface area contributed by atoms with Crippen molar-refractivity contribution in [2.45, 2.75) is 123 Å². The highest BCUT2D eigenvalue weighted by Gasteiger charge is 2.46. The first kappa shape index (κ1) is 85.2. The zero-order chi connectivity index (χ0) is 82.8. The van der Waals surface area contributed by atoms with Gasteiger partial charge in [0.25, 0.3) is 0 Å². The van der Waals surface area contributed by atoms with Crippen LogP contribution in [-0.2, 0) is 52.8 Å². The molecule has 12 aromatic carbocycles. The average Bonchev–Trinajstić information content (AvgIpc) is 1.54. The van der Waals surface area contributed by atoms with Gasteiger partial charge in [0.15, 0.2) is 0 Å². The lowest BCUT2D eigenvalue weighted by Gasteiger charge is -2.34. The monoisotopic (exact) mass is 1610 g/mol. The third kappa shape index (κ3) is 22.5. The van der Waals surface area contributed by atoms with Gasteiger partial charge in [0, 0.05) is 14.2 Å². The van der Waals surface area contributed by atoms with E-state index >= 15 is 0 Å². The van der Waals surface area contributed by atoms with Crippen LogP contribution in [-0.4, -0.2) is 169 Å². The summed E-state index contributed by atoms with van der Waals surface area (Å²) in [5.74, 6) is 5.52. The van der Waals surface area contributed by atoms with Crippen LogP contribution in [0.5, 0.6) is 34.5 Å². The Morgan fingerprint density at radius 3 is 0.798 bits per heavy atom. The number of rotatable bonds is 26. The van der Waals surface area contributed by atoms with Crippen LogP contribution in [0, 0.1) is 41.5 Å². The van der Waals surface area contributed by atoms with Crippen LogP contribution < -0.4 is 28.4 Å². The third-order valence-electron chi connectivity index (χ3n) is 21.8. The van der Waals surface area contributed by atoms with Gasteiger partial charge in [0.05, 0.1) is 71.5 Å². The number of epoxide rings is 8. The lowest BCUT2D eigenvalue weighted by Crippen LogP contribution is -2.29. The molecule has 21 rings (SSSR count). The molecular weight excluding hydrogens is 1490 g/mol. The number of fused-ring (bicyclic) bond motifs is 6. The fraction of sp³-hybridized carbons (Fsp3) is 0.359. The summed E-state index contributed by atoms with van der Waals surface area (Å²) in [4.78, 5) is 0. The molecule has 8 unspecified atom stereocenters. The van der Waals surface area contributed by atoms with Crippen molar-refractivity contribution in [3.63, 3.8) is 0 Å². The summed E-state index contributed by atoms with van der Waals surface area (Å²) in [6.45, 7) is 32.5. The van der Waals surface area contributed by atoms with Gasteiger partial charge in [-0.2, -0.15) is 0 Å². The molecule has 9 aliphatic rings. The van der Waals surface area contributed by atoms with Gasteiger partial charge in [-0.1, -0.05) is 210 Å². The van der Waals surface area contributed by atoms with E-state index in [1.807, 2.05) is 39.8 Å². The normalized spacial score (nSPS) is 19.8. The van der Waals surface area contributed by atoms with E-state index in [-0.39, 0.29) is 36.6 Å². The molecule has 0 aromatic heterocycles. The molecule has 1 aliphatic carbocycles. The van der Waals surface area contributed by atoms with Crippen molar-refractivity contribution in [2.24, 2.45) is 0 Å². The second-order valence-corrected chi connectivity index (χ2v) is 30.7. The number of benzene rings is 12. The molecule has 0 N–H and O–H groups in total. The first-order valence-corrected chi connectivity index (χ1v) is 42.1. The Balaban J connectivity index is 0.000000128. The molecule has 16 nitrogen and oxygen atoms in total. The Labute approximate surface area is 701 Å². The van der Waals surface area contributed by atoms with Gasteiger partial charge in [0.2, 0.25) is 0 Å². The average molecular weight is 1610 g/mol. The van der Waals surface area contributed by atoms with Crippen molar-refractivity contribution in [1.29, 1.82) is 0 Å². The van der Waals surface area contributed by atoms with Gasteiger partial charge in [-0.3, -0.25) is 0 Å². The van der Waals surface area contributed by atoms with Crippen LogP contribution >= 0.6 is 0 Å². The van der Waals surface area contributed by atoms with Crippen molar-refractivity contribution in [1.82, 2.24) is 0 Å². The Kier molecular flexibility index (Phi) is 29.2. The van der Waals surface area contributed by atoms with Crippen molar-refractivity contribution >= 4 is 32.3 Å². The molecule has 0 spiro atoms. The van der Waals surface area contributed by atoms with E-state index < -0.39 is 5.41 Å². The van der Waals surface area contributed by atoms with E-state index in [1.54, 1.807) is 14.2 Å². The minimum atomic E-state index is -0.445. The Morgan fingerprint density at radius 2 is 0.513 bits per heavy atom. The number of ether oxygens (including phenoxy) is 16. The van der Waals surface area contributed by atoms with E-state index in [2.05, 4.69) is 260 Å². The number of hydrogen-bond acceptors (Lipinski definition) is 16. The van der Waals surface area contributed by atoms with E-state index in [0.29, 0.717) is 51.8 Å². The smallest absolute Gasteiger partial charge is 0.123 e. The Bertz CT molecular complexity index is 4980. The molecule has 0 saturated carbocycles. The van der Waals surface area contributed by atoms with Crippen molar-refractivity contribution in [3.05, 3.63) is 286 Å². The summed E-state index contributed by atoms with van der Waals surface area (Å²) in [5, 5.41) is 7.50. The van der Waals surface area contributed by atoms with Crippen LogP contribution in [0.4, 0.5) is 0 Å². The van der Waals surface area contributed by atoms with E-state index in [1.165, 1.54) is 88.0 Å². The fourth-order valence-corrected chi connectivity index (χ4v) is 14.9. The van der Waals surface area contributed by atoms with Gasteiger partial charge in [-0.05, 0) is 211 Å². The molecule has 119 heavy (non-hydrogen) atoms. The standard InChI is InChI=1S/C33H30O4.C28H26O4.C20H22O4.C10H8.2C4H8O2.2C2H6/c1-21-15-23(11-13-31(21)36-19-25-17-34-25)33(24-12-14-32(22(2)16-24)37-20-26-18-35-26)29-9-5-3-7-27(29)28-8-4-6-10-30(28)33;1-17-25(31-15-21-13-29-21)11-9-19-5-3-7-23(27(17)19)24-8-4-6-20-10-12-26(18(2)28(20)24)32-16-22-14-30-22;1-13-7-15(3-5-19(13)23-11-17-9-21-17)16-4-6-20(14(2)8-16)24-12-18-10-22-18;1-2-6-10-8-4-3-7-9(10)5-1;2*1-5-2-4-3-6-4;2*1-2/h3-16,25-26H,17-20H2,1-2H3;3-12,21-22H,13-16H2,1-2H3;3-8,17-18H,9-12H2,1-2H3;1-8H;2*4H,2-3H2,1H3;2*1-2H3. The predicted molar refractivity (Wildman–Crippen MR) is 472 cm³/mol. The summed E-state index contributed by atoms with van der Waals surface area (Å²) >= 11 is 0. The van der Waals surface area contributed by atoms with E-state index in [4.69, 9.17) is 75.8 Å². The molecule has 8 fully saturated rings. The van der Waals surface area contributed by atoms with Gasteiger partial charge in [0.1, 0.15) is 123 Å². The highest BCUT2D eigenvalue weighted by molar-refractivity contribution is 6.08. The molecule has 0 amide bonds. The molecule has 8 saturated heterocycles. The van der Waals surface area contributed by atoms with Crippen LogP contribution in [0.3, 0.4) is 0 Å². The van der Waals surface area contributed by atoms with Gasteiger partial charge >= 0.3 is 0 Å². The van der Waals surface area contributed by atoms with Crippen LogP contribution in [0.25, 0.3) is 65.7 Å². The Morgan fingerprint density at radius 1 is 0.261 bits per heavy atom. The second-order valence-electron chi connectivity index (χ2n) is 30.7. The molecule has 16 heteroatoms. The van der Waals surface area contributed by atoms with Gasteiger partial charge in [-0.25, -0.2) is 0 Å². The topological polar surface area (TPSA) is 174 Å². The number of hydrogen-bond donors (Lipinski definition) is 0. The summed E-state index contributed by atoms with van der Waals surface area (Å²) in [5.41, 5.74) is 18.8. The molecule has 8 aliphatic heterocycles. The molecule has 0 radical (unpaired) electrons. The summed E-state index contributed by atoms with van der Waals surface area (Å²) < 4.78 is 86.8. The highest BCUT2D eigenvalue weighted by atomic mass is 16.6. The SMILES string of the molecule is CC.CC.COCC1CO1.COCC1CO1.Cc1c(OCC2CO2)ccc2cccc(-c3cccc4ccc(OCC5CO5)c(C)c34)c12.Cc1cc(-c2ccc(OCC3CO3)c(C)c2)ccc1OCC1CO1.Cc1cc(C2(c3ccc(OCC4CO4)c(C)c3)c3ccccc3-c3ccccc32)ccc1OCC1CO1.c1ccc2ccccc2c1. The molecule has 622 valence electrons. The first-order chi connectivity index (χ1) is 58.3. The predicted octanol–water partition coefficient (Wildman–Crippen LogP) is 20.5. The number of aryl methyl sites for hydroxylation is 6. The van der Waals surface area contributed by atoms with Crippen LogP contribution in [0.15, 0.2) is 231 Å². The summed E-state index contributed by atoms with van der Waals surface area (Å²) in [6.07, 6.45) is 2.34. The lowest BCUT2D eigenvalue weighted by molar-refractivity contribution is 0.171. The largest absolute Gasteiger partial charge is 0.491 e. The molecule has 8 atom stereocenters. The third-order valence-corrected chi connectivity index (χ3v) is 21.8. The molecule has 8 heterocycles. The highest BCUT2D eigenvalue weighted by Crippen LogP contribution is 2.57. The minimum absolute atomic E-state index is 0.231. The van der Waals surface area contributed by atoms with Crippen molar-refractivity contribution in [2.75, 3.05) is 120 Å². The van der Waals surface area contributed by atoms with Crippen LogP contribution in [0.2, 0.25) is 0 Å². The lowest BCUT2D eigenvalue weighted by atomic mass is 9.67. The van der Waals surface area contributed by atoms with Crippen molar-refractivity contribution < 1.29 is 75.8 Å². The fourth-order valence-electron chi connectivity index (χ4n) is 14.9. The molecular formula is C103H114O16. The maximum atomic E-state index is 6.09. The minimum Gasteiger partial charge on any atom is -0.491 e. The maximum absolute atomic E-state index is 6.09. The maximum Gasteiger partial charge on any atom is 0.123 e. The van der Waals surface area contributed by atoms with E-state index in [9.17, 15) is 0 Å². The quantitative estimate of drug-likeness (QED) is 0.0468.